The van der Waals surface area contributed by atoms with Crippen molar-refractivity contribution in [3.63, 3.8) is 0 Å². The molecule has 9 heteroatoms. The largest absolute Gasteiger partial charge is 0.380 e. The van der Waals surface area contributed by atoms with Gasteiger partial charge in [-0.15, -0.1) is 11.3 Å². The molecule has 1 aliphatic heterocycles. The van der Waals surface area contributed by atoms with E-state index in [0.717, 1.165) is 43.0 Å². The molecule has 1 saturated heterocycles. The molecule has 1 aliphatic rings. The van der Waals surface area contributed by atoms with Crippen molar-refractivity contribution < 1.29 is 14.3 Å². The fourth-order valence-corrected chi connectivity index (χ4v) is 5.90. The SMILES string of the molecule is CO[C@H]1CCO[C@H](C(=O)N[C@@H](C#N)Cc2cc3cc(-c4cc5c(C)nc(C)cn5c4)ccc3s2)CNC1. The lowest BCUT2D eigenvalue weighted by molar-refractivity contribution is -0.134. The molecule has 8 nitrogen and oxygen atoms in total. The molecule has 3 aromatic heterocycles. The number of carbonyl (C=O) groups excluding carboxylic acids is 1. The van der Waals surface area contributed by atoms with Gasteiger partial charge in [-0.1, -0.05) is 6.07 Å². The summed E-state index contributed by atoms with van der Waals surface area (Å²) in [4.78, 5) is 18.4. The Morgan fingerprint density at radius 3 is 2.97 bits per heavy atom. The molecular formula is C28H31N5O3S. The smallest absolute Gasteiger partial charge is 0.251 e. The summed E-state index contributed by atoms with van der Waals surface area (Å²) in [5, 5.41) is 16.9. The van der Waals surface area contributed by atoms with E-state index in [1.165, 1.54) is 0 Å². The molecule has 5 rings (SSSR count). The average molecular weight is 518 g/mol. The van der Waals surface area contributed by atoms with Crippen LogP contribution in [-0.4, -0.2) is 60.3 Å². The average Bonchev–Trinajstić information content (AvgIpc) is 3.46. The number of hydrogen-bond donors (Lipinski definition) is 2. The molecule has 2 N–H and O–H groups in total. The van der Waals surface area contributed by atoms with Crippen LogP contribution in [0.3, 0.4) is 0 Å². The van der Waals surface area contributed by atoms with Gasteiger partial charge in [0.15, 0.2) is 0 Å². The molecule has 0 unspecified atom stereocenters. The van der Waals surface area contributed by atoms with Gasteiger partial charge < -0.3 is 24.5 Å². The fourth-order valence-electron chi connectivity index (χ4n) is 4.81. The Balaban J connectivity index is 1.28. The zero-order chi connectivity index (χ0) is 25.9. The molecule has 3 atom stereocenters. The van der Waals surface area contributed by atoms with Crippen molar-refractivity contribution in [2.45, 2.75) is 44.9 Å². The van der Waals surface area contributed by atoms with Crippen LogP contribution in [0.25, 0.3) is 26.7 Å². The summed E-state index contributed by atoms with van der Waals surface area (Å²) in [7, 11) is 1.67. The standard InChI is InChI=1S/C28H31N5O3S/c1-17-15-33-16-21(10-25(33)18(2)31-17)19-4-5-27-20(8-19)9-24(37-27)11-22(12-29)32-28(34)26-14-30-13-23(35-3)6-7-36-26/h4-5,8-10,15-16,22-23,26,30H,6-7,11,13-14H2,1-3H3,(H,32,34)/t22-,23+,26+/m1/s1. The van der Waals surface area contributed by atoms with Crippen molar-refractivity contribution in [2.75, 3.05) is 26.8 Å². The van der Waals surface area contributed by atoms with Crippen LogP contribution in [0.4, 0.5) is 0 Å². The number of methoxy groups -OCH3 is 1. The molecule has 192 valence electrons. The van der Waals surface area contributed by atoms with E-state index in [-0.39, 0.29) is 12.0 Å². The first kappa shape index (κ1) is 25.4. The Hall–Kier alpha value is -3.29. The number of amides is 1. The monoisotopic (exact) mass is 517 g/mol. The number of aromatic nitrogens is 2. The minimum Gasteiger partial charge on any atom is -0.380 e. The van der Waals surface area contributed by atoms with E-state index >= 15 is 0 Å². The molecule has 4 aromatic rings. The first-order chi connectivity index (χ1) is 17.9. The van der Waals surface area contributed by atoms with E-state index in [1.54, 1.807) is 18.4 Å². The minimum absolute atomic E-state index is 0.0755. The highest BCUT2D eigenvalue weighted by molar-refractivity contribution is 7.19. The maximum absolute atomic E-state index is 12.8. The topological polar surface area (TPSA) is 101 Å². The van der Waals surface area contributed by atoms with Crippen molar-refractivity contribution in [2.24, 2.45) is 0 Å². The van der Waals surface area contributed by atoms with Crippen LogP contribution in [0.15, 0.2) is 42.7 Å². The van der Waals surface area contributed by atoms with Crippen LogP contribution in [0.1, 0.15) is 22.7 Å². The normalized spacial score (nSPS) is 19.3. The summed E-state index contributed by atoms with van der Waals surface area (Å²) in [5.74, 6) is -0.265. The summed E-state index contributed by atoms with van der Waals surface area (Å²) in [5.41, 5.74) is 5.36. The van der Waals surface area contributed by atoms with Gasteiger partial charge in [0.1, 0.15) is 12.1 Å². The van der Waals surface area contributed by atoms with Crippen LogP contribution in [0.2, 0.25) is 0 Å². The second-order valence-electron chi connectivity index (χ2n) is 9.51. The van der Waals surface area contributed by atoms with Gasteiger partial charge in [-0.3, -0.25) is 9.78 Å². The number of nitrogens with one attached hydrogen (secondary N) is 2. The molecule has 1 amide bonds. The van der Waals surface area contributed by atoms with Gasteiger partial charge in [0.05, 0.1) is 35.7 Å². The predicted molar refractivity (Wildman–Crippen MR) is 145 cm³/mol. The number of hydrogen-bond acceptors (Lipinski definition) is 7. The molecular weight excluding hydrogens is 486 g/mol. The van der Waals surface area contributed by atoms with Gasteiger partial charge in [-0.05, 0) is 55.5 Å². The van der Waals surface area contributed by atoms with Gasteiger partial charge in [-0.25, -0.2) is 0 Å². The highest BCUT2D eigenvalue weighted by Crippen LogP contribution is 2.32. The summed E-state index contributed by atoms with van der Waals surface area (Å²) >= 11 is 1.65. The number of thiophene rings is 1. The van der Waals surface area contributed by atoms with E-state index in [2.05, 4.69) is 62.6 Å². The van der Waals surface area contributed by atoms with E-state index in [4.69, 9.17) is 9.47 Å². The van der Waals surface area contributed by atoms with Crippen LogP contribution in [0, 0.1) is 25.2 Å². The number of nitrogens with zero attached hydrogens (tertiary/aromatic N) is 3. The lowest BCUT2D eigenvalue weighted by Gasteiger charge is -2.25. The Labute approximate surface area is 220 Å². The summed E-state index contributed by atoms with van der Waals surface area (Å²) in [6.45, 7) is 5.54. The van der Waals surface area contributed by atoms with Crippen LogP contribution in [0.5, 0.6) is 0 Å². The van der Waals surface area contributed by atoms with Gasteiger partial charge >= 0.3 is 0 Å². The van der Waals surface area contributed by atoms with Crippen LogP contribution in [-0.2, 0) is 20.7 Å². The third-order valence-electron chi connectivity index (χ3n) is 6.75. The van der Waals surface area contributed by atoms with Crippen molar-refractivity contribution in [1.82, 2.24) is 20.0 Å². The molecule has 0 spiro atoms. The summed E-state index contributed by atoms with van der Waals surface area (Å²) in [6.07, 6.45) is 4.79. The molecule has 1 aromatic carbocycles. The molecule has 0 aliphatic carbocycles. The molecule has 0 radical (unpaired) electrons. The number of aryl methyl sites for hydroxylation is 2. The van der Waals surface area contributed by atoms with Crippen molar-refractivity contribution in [3.8, 4) is 17.2 Å². The quantitative estimate of drug-likeness (QED) is 0.404. The van der Waals surface area contributed by atoms with Crippen LogP contribution < -0.4 is 10.6 Å². The van der Waals surface area contributed by atoms with Crippen molar-refractivity contribution >= 4 is 32.8 Å². The zero-order valence-corrected chi connectivity index (χ0v) is 22.1. The van der Waals surface area contributed by atoms with Gasteiger partial charge in [0.25, 0.3) is 5.91 Å². The number of rotatable bonds is 6. The Bertz CT molecular complexity index is 1460. The summed E-state index contributed by atoms with van der Waals surface area (Å²) < 4.78 is 14.4. The first-order valence-corrected chi connectivity index (χ1v) is 13.3. The first-order valence-electron chi connectivity index (χ1n) is 12.5. The van der Waals surface area contributed by atoms with E-state index in [1.807, 2.05) is 20.0 Å². The third kappa shape index (κ3) is 5.68. The van der Waals surface area contributed by atoms with Crippen LogP contribution >= 0.6 is 11.3 Å². The lowest BCUT2D eigenvalue weighted by Crippen LogP contribution is -2.49. The number of ether oxygens (including phenoxy) is 2. The highest BCUT2D eigenvalue weighted by Gasteiger charge is 2.25. The predicted octanol–water partition coefficient (Wildman–Crippen LogP) is 3.78. The van der Waals surface area contributed by atoms with Gasteiger partial charge in [0.2, 0.25) is 0 Å². The third-order valence-corrected chi connectivity index (χ3v) is 7.89. The maximum Gasteiger partial charge on any atom is 0.251 e. The fraction of sp³-hybridized carbons (Fsp3) is 0.393. The van der Waals surface area contributed by atoms with Crippen molar-refractivity contribution in [3.05, 3.63) is 59.0 Å². The maximum atomic E-state index is 12.8. The molecule has 0 saturated carbocycles. The second-order valence-corrected chi connectivity index (χ2v) is 10.7. The Morgan fingerprint density at radius 2 is 2.16 bits per heavy atom. The van der Waals surface area contributed by atoms with E-state index in [0.29, 0.717) is 32.5 Å². The van der Waals surface area contributed by atoms with E-state index < -0.39 is 12.1 Å². The molecule has 37 heavy (non-hydrogen) atoms. The van der Waals surface area contributed by atoms with Gasteiger partial charge in [-0.2, -0.15) is 5.26 Å². The number of benzene rings is 1. The number of carbonyl (C=O) groups is 1. The zero-order valence-electron chi connectivity index (χ0n) is 21.3. The number of fused-ring (bicyclic) bond motifs is 2. The highest BCUT2D eigenvalue weighted by atomic mass is 32.1. The Morgan fingerprint density at radius 1 is 1.30 bits per heavy atom. The molecule has 0 bridgehead atoms. The molecule has 1 fully saturated rings. The minimum atomic E-state index is -0.628. The Kier molecular flexibility index (Phi) is 7.53. The molecule has 4 heterocycles. The summed E-state index contributed by atoms with van der Waals surface area (Å²) in [6, 6.07) is 12.3. The number of nitriles is 1. The van der Waals surface area contributed by atoms with E-state index in [9.17, 15) is 10.1 Å². The van der Waals surface area contributed by atoms with Gasteiger partial charge in [0, 0.05) is 54.2 Å². The lowest BCUT2D eigenvalue weighted by atomic mass is 10.1. The second kappa shape index (κ2) is 11.0. The van der Waals surface area contributed by atoms with Crippen molar-refractivity contribution in [1.29, 1.82) is 5.26 Å².